The van der Waals surface area contributed by atoms with Gasteiger partial charge in [-0.2, -0.15) is 0 Å². The van der Waals surface area contributed by atoms with Gasteiger partial charge in [0, 0.05) is 12.5 Å². The predicted molar refractivity (Wildman–Crippen MR) is 128 cm³/mol. The summed E-state index contributed by atoms with van der Waals surface area (Å²) in [6.45, 7) is 3.76. The Balaban J connectivity index is 1.33. The van der Waals surface area contributed by atoms with E-state index in [1.807, 2.05) is 18.2 Å². The zero-order chi connectivity index (χ0) is 25.0. The van der Waals surface area contributed by atoms with Gasteiger partial charge in [-0.15, -0.1) is 6.58 Å². The van der Waals surface area contributed by atoms with Crippen LogP contribution in [0.5, 0.6) is 0 Å². The summed E-state index contributed by atoms with van der Waals surface area (Å²) in [7, 11) is 0. The first-order valence-corrected chi connectivity index (χ1v) is 12.2. The molecule has 0 unspecified atom stereocenters. The minimum atomic E-state index is -0.975. The van der Waals surface area contributed by atoms with Gasteiger partial charge in [-0.1, -0.05) is 35.5 Å². The number of rotatable bonds is 6. The van der Waals surface area contributed by atoms with Gasteiger partial charge in [0.2, 0.25) is 0 Å². The summed E-state index contributed by atoms with van der Waals surface area (Å²) < 4.78 is 15.4. The maximum atomic E-state index is 13.5. The SMILES string of the molecule is C=CC[C@@H]1C=C[C@H](ON=C2[C@H]3CCn4c(=O)n(-c5ccccc5)c(=O)n4[C@H]3[C@H](O)[C@@H]3O[C@H]23)[C@@H](CO)O1. The second-order valence-corrected chi connectivity index (χ2v) is 9.49. The minimum Gasteiger partial charge on any atom is -0.394 e. The van der Waals surface area contributed by atoms with E-state index < -0.39 is 47.9 Å². The molecule has 0 amide bonds. The smallest absolute Gasteiger partial charge is 0.352 e. The van der Waals surface area contributed by atoms with Gasteiger partial charge in [0.25, 0.3) is 0 Å². The first-order chi connectivity index (χ1) is 17.5. The van der Waals surface area contributed by atoms with Gasteiger partial charge < -0.3 is 24.5 Å². The maximum Gasteiger partial charge on any atom is 0.352 e. The number of aromatic nitrogens is 3. The third-order valence-corrected chi connectivity index (χ3v) is 7.39. The Kier molecular flexibility index (Phi) is 5.79. The summed E-state index contributed by atoms with van der Waals surface area (Å²) in [5, 5.41) is 25.3. The van der Waals surface area contributed by atoms with Crippen LogP contribution in [-0.4, -0.2) is 73.1 Å². The fourth-order valence-corrected chi connectivity index (χ4v) is 5.61. The number of para-hydroxylation sites is 1. The van der Waals surface area contributed by atoms with Gasteiger partial charge in [-0.3, -0.25) is 0 Å². The highest BCUT2D eigenvalue weighted by Gasteiger charge is 2.61. The van der Waals surface area contributed by atoms with Crippen LogP contribution in [0.2, 0.25) is 0 Å². The molecular formula is C25H28N4O7. The van der Waals surface area contributed by atoms with Crippen molar-refractivity contribution in [1.82, 2.24) is 13.9 Å². The summed E-state index contributed by atoms with van der Waals surface area (Å²) in [6.07, 6.45) is 3.21. The van der Waals surface area contributed by atoms with Crippen molar-refractivity contribution in [2.75, 3.05) is 6.61 Å². The number of aliphatic hydroxyl groups is 2. The summed E-state index contributed by atoms with van der Waals surface area (Å²) in [6, 6.07) is 7.99. The number of nitrogens with zero attached hydrogens (tertiary/aromatic N) is 4. The van der Waals surface area contributed by atoms with E-state index >= 15 is 0 Å². The van der Waals surface area contributed by atoms with Gasteiger partial charge in [0.1, 0.15) is 24.4 Å². The maximum absolute atomic E-state index is 13.5. The van der Waals surface area contributed by atoms with Crippen molar-refractivity contribution in [2.45, 2.75) is 62.1 Å². The Hall–Kier alpha value is -3.25. The van der Waals surface area contributed by atoms with Crippen LogP contribution in [-0.2, 0) is 20.9 Å². The molecule has 1 saturated heterocycles. The first-order valence-electron chi connectivity index (χ1n) is 12.2. The molecule has 1 aliphatic carbocycles. The van der Waals surface area contributed by atoms with Crippen LogP contribution in [0, 0.1) is 5.92 Å². The van der Waals surface area contributed by atoms with Crippen LogP contribution < -0.4 is 11.4 Å². The lowest BCUT2D eigenvalue weighted by Crippen LogP contribution is -2.53. The number of benzene rings is 1. The minimum absolute atomic E-state index is 0.187. The van der Waals surface area contributed by atoms with E-state index in [1.54, 1.807) is 30.3 Å². The molecule has 3 aliphatic heterocycles. The van der Waals surface area contributed by atoms with Crippen LogP contribution in [0.1, 0.15) is 18.9 Å². The van der Waals surface area contributed by atoms with Gasteiger partial charge in [0.05, 0.1) is 30.2 Å². The lowest BCUT2D eigenvalue weighted by molar-refractivity contribution is -0.101. The van der Waals surface area contributed by atoms with Gasteiger partial charge in [-0.05, 0) is 31.1 Å². The molecule has 8 atom stereocenters. The van der Waals surface area contributed by atoms with Crippen molar-refractivity contribution in [1.29, 1.82) is 0 Å². The third kappa shape index (κ3) is 3.62. The van der Waals surface area contributed by atoms with E-state index in [4.69, 9.17) is 14.3 Å². The number of ether oxygens (including phenoxy) is 2. The van der Waals surface area contributed by atoms with E-state index in [0.717, 1.165) is 4.57 Å². The standard InChI is InChI=1S/C25H28N4O7/c1-2-6-15-9-10-17(18(13-30)34-15)36-26-19-16-11-12-27-24(32)28(14-7-4-3-5-8-14)25(33)29(27)20(16)21(31)23-22(19)35-23/h2-5,7-10,15-18,20-23,30-31H,1,6,11-13H2/t15-,16-,17+,18-,20-,21+,22-,23+/m1/s1. The quantitative estimate of drug-likeness (QED) is 0.330. The molecule has 1 saturated carbocycles. The normalized spacial score (nSPS) is 35.6. The van der Waals surface area contributed by atoms with Crippen molar-refractivity contribution in [2.24, 2.45) is 11.1 Å². The molecule has 11 heteroatoms. The van der Waals surface area contributed by atoms with Crippen LogP contribution >= 0.6 is 0 Å². The molecule has 2 aromatic rings. The second-order valence-electron chi connectivity index (χ2n) is 9.49. The summed E-state index contributed by atoms with van der Waals surface area (Å²) in [5.74, 6) is -0.359. The number of hydrogen-bond donors (Lipinski definition) is 2. The predicted octanol–water partition coefficient (Wildman–Crippen LogP) is 0.137. The van der Waals surface area contributed by atoms with Crippen molar-refractivity contribution < 1.29 is 24.5 Å². The van der Waals surface area contributed by atoms with Crippen molar-refractivity contribution in [3.8, 4) is 5.69 Å². The molecular weight excluding hydrogens is 468 g/mol. The zero-order valence-electron chi connectivity index (χ0n) is 19.5. The monoisotopic (exact) mass is 496 g/mol. The number of hydrogen-bond acceptors (Lipinski definition) is 8. The summed E-state index contributed by atoms with van der Waals surface area (Å²) in [5.41, 5.74) is 0.0911. The average molecular weight is 497 g/mol. The second kappa shape index (κ2) is 9.00. The van der Waals surface area contributed by atoms with E-state index in [-0.39, 0.29) is 25.2 Å². The van der Waals surface area contributed by atoms with Crippen molar-refractivity contribution in [3.05, 3.63) is 76.1 Å². The highest BCUT2D eigenvalue weighted by atomic mass is 16.7. The molecule has 190 valence electrons. The molecule has 36 heavy (non-hydrogen) atoms. The lowest BCUT2D eigenvalue weighted by atomic mass is 9.78. The van der Waals surface area contributed by atoms with Gasteiger partial charge in [-0.25, -0.2) is 23.5 Å². The molecule has 6 rings (SSSR count). The van der Waals surface area contributed by atoms with Gasteiger partial charge in [0.15, 0.2) is 6.10 Å². The molecule has 2 fully saturated rings. The molecule has 1 aromatic heterocycles. The van der Waals surface area contributed by atoms with E-state index in [1.165, 1.54) is 9.36 Å². The van der Waals surface area contributed by atoms with Crippen molar-refractivity contribution in [3.63, 3.8) is 0 Å². The molecule has 4 aliphatic rings. The lowest BCUT2D eigenvalue weighted by Gasteiger charge is -2.38. The van der Waals surface area contributed by atoms with Crippen LogP contribution in [0.3, 0.4) is 0 Å². The molecule has 11 nitrogen and oxygen atoms in total. The summed E-state index contributed by atoms with van der Waals surface area (Å²) in [4.78, 5) is 32.4. The Bertz CT molecular complexity index is 1330. The third-order valence-electron chi connectivity index (χ3n) is 7.39. The average Bonchev–Trinajstić information content (AvgIpc) is 3.66. The number of oxime groups is 1. The Morgan fingerprint density at radius 2 is 1.97 bits per heavy atom. The van der Waals surface area contributed by atoms with Crippen LogP contribution in [0.15, 0.2) is 69.9 Å². The van der Waals surface area contributed by atoms with Gasteiger partial charge >= 0.3 is 11.4 Å². The molecule has 0 radical (unpaired) electrons. The van der Waals surface area contributed by atoms with E-state index in [0.29, 0.717) is 24.2 Å². The van der Waals surface area contributed by atoms with E-state index in [9.17, 15) is 19.8 Å². The first kappa shape index (κ1) is 23.2. The topological polar surface area (TPSA) is 133 Å². The van der Waals surface area contributed by atoms with E-state index in [2.05, 4.69) is 11.7 Å². The van der Waals surface area contributed by atoms with Crippen LogP contribution in [0.4, 0.5) is 0 Å². The largest absolute Gasteiger partial charge is 0.394 e. The Morgan fingerprint density at radius 1 is 1.17 bits per heavy atom. The Morgan fingerprint density at radius 3 is 2.72 bits per heavy atom. The highest BCUT2D eigenvalue weighted by Crippen LogP contribution is 2.46. The molecule has 1 aromatic carbocycles. The molecule has 0 bridgehead atoms. The molecule has 4 heterocycles. The van der Waals surface area contributed by atoms with Crippen LogP contribution in [0.25, 0.3) is 5.69 Å². The number of fused-ring (bicyclic) bond motifs is 4. The highest BCUT2D eigenvalue weighted by molar-refractivity contribution is 5.94. The van der Waals surface area contributed by atoms with Crippen molar-refractivity contribution >= 4 is 5.71 Å². The fraction of sp³-hybridized carbons (Fsp3) is 0.480. The fourth-order valence-electron chi connectivity index (χ4n) is 5.61. The number of aliphatic hydroxyl groups excluding tert-OH is 2. The molecule has 2 N–H and O–H groups in total. The number of epoxide rings is 1. The Labute approximate surface area is 206 Å². The zero-order valence-corrected chi connectivity index (χ0v) is 19.5. The molecule has 0 spiro atoms. The summed E-state index contributed by atoms with van der Waals surface area (Å²) >= 11 is 0.